The van der Waals surface area contributed by atoms with Gasteiger partial charge in [0.1, 0.15) is 0 Å². The zero-order valence-electron chi connectivity index (χ0n) is 10.9. The highest BCUT2D eigenvalue weighted by Crippen LogP contribution is 2.23. The van der Waals surface area contributed by atoms with E-state index in [-0.39, 0.29) is 0 Å². The lowest BCUT2D eigenvalue weighted by Gasteiger charge is -2.36. The van der Waals surface area contributed by atoms with Crippen LogP contribution in [0.5, 0.6) is 0 Å². The molecule has 84 valence electrons. The molecule has 0 saturated carbocycles. The molecule has 3 heteroatoms. The van der Waals surface area contributed by atoms with E-state index >= 15 is 0 Å². The van der Waals surface area contributed by atoms with Crippen molar-refractivity contribution < 1.29 is 4.43 Å². The summed E-state index contributed by atoms with van der Waals surface area (Å²) in [6.45, 7) is 20.0. The molecule has 1 nitrogen and oxygen atoms in total. The maximum absolute atomic E-state index is 6.31. The summed E-state index contributed by atoms with van der Waals surface area (Å²) in [6.07, 6.45) is 1.14. The summed E-state index contributed by atoms with van der Waals surface area (Å²) in [5.74, 6) is 0. The molecule has 0 aromatic rings. The summed E-state index contributed by atoms with van der Waals surface area (Å²) < 4.78 is 6.31. The quantitative estimate of drug-likeness (QED) is 0.649. The Morgan fingerprint density at radius 3 is 1.86 bits per heavy atom. The van der Waals surface area contributed by atoms with Gasteiger partial charge in [-0.25, -0.2) is 0 Å². The van der Waals surface area contributed by atoms with Crippen LogP contribution in [-0.2, 0) is 4.43 Å². The predicted octanol–water partition coefficient (Wildman–Crippen LogP) is 3.98. The molecule has 0 N–H and O–H groups in total. The van der Waals surface area contributed by atoms with E-state index in [4.69, 9.17) is 4.43 Å². The van der Waals surface area contributed by atoms with E-state index in [1.54, 1.807) is 0 Å². The van der Waals surface area contributed by atoms with Crippen molar-refractivity contribution in [3.63, 3.8) is 0 Å². The maximum atomic E-state index is 6.31. The third-order valence-electron chi connectivity index (χ3n) is 2.80. The molecule has 1 atom stereocenters. The van der Waals surface area contributed by atoms with Crippen molar-refractivity contribution in [3.8, 4) is 0 Å². The Balaban J connectivity index is 4.55. The SMILES string of the molecule is C=C(C)[Si](C)(C)OC(CC)[Si](C)(C)C. The fourth-order valence-corrected chi connectivity index (χ4v) is 5.93. The molecule has 0 spiro atoms. The number of hydrogen-bond donors (Lipinski definition) is 0. The average Bonchev–Trinajstić information content (AvgIpc) is 1.97. The summed E-state index contributed by atoms with van der Waals surface area (Å²) in [7, 11) is -2.81. The van der Waals surface area contributed by atoms with Gasteiger partial charge in [-0.05, 0) is 26.4 Å². The fourth-order valence-electron chi connectivity index (χ4n) is 1.33. The molecule has 0 aliphatic carbocycles. The van der Waals surface area contributed by atoms with Crippen LogP contribution in [0.4, 0.5) is 0 Å². The second-order valence-corrected chi connectivity index (χ2v) is 15.2. The standard InChI is InChI=1S/C11H26OSi2/c1-9-11(13(4,5)6)12-14(7,8)10(2)3/h11H,2,9H2,1,3-8H3. The fraction of sp³-hybridized carbons (Fsp3) is 0.818. The van der Waals surface area contributed by atoms with Crippen molar-refractivity contribution in [3.05, 3.63) is 11.8 Å². The molecule has 0 fully saturated rings. The van der Waals surface area contributed by atoms with Gasteiger partial charge in [0, 0.05) is 5.73 Å². The van der Waals surface area contributed by atoms with Crippen molar-refractivity contribution in [1.82, 2.24) is 0 Å². The molecule has 0 radical (unpaired) electrons. The first-order chi connectivity index (χ1) is 6.11. The summed E-state index contributed by atoms with van der Waals surface area (Å²) in [6, 6.07) is 0. The molecule has 0 aliphatic heterocycles. The van der Waals surface area contributed by atoms with Crippen LogP contribution >= 0.6 is 0 Å². The second-order valence-electron chi connectivity index (χ2n) is 5.67. The molecule has 14 heavy (non-hydrogen) atoms. The zero-order chi connectivity index (χ0) is 11.6. The summed E-state index contributed by atoms with van der Waals surface area (Å²) in [4.78, 5) is 0. The number of hydrogen-bond acceptors (Lipinski definition) is 1. The van der Waals surface area contributed by atoms with Crippen molar-refractivity contribution in [1.29, 1.82) is 0 Å². The van der Waals surface area contributed by atoms with E-state index in [2.05, 4.69) is 53.2 Å². The maximum Gasteiger partial charge on any atom is 0.213 e. The number of rotatable bonds is 5. The molecule has 0 aromatic heterocycles. The molecule has 0 rings (SSSR count). The largest absolute Gasteiger partial charge is 0.413 e. The third kappa shape index (κ3) is 4.11. The Morgan fingerprint density at radius 2 is 1.64 bits per heavy atom. The van der Waals surface area contributed by atoms with Crippen molar-refractivity contribution in [2.75, 3.05) is 0 Å². The first-order valence-electron chi connectivity index (χ1n) is 5.45. The van der Waals surface area contributed by atoms with Crippen LogP contribution in [0.25, 0.3) is 0 Å². The van der Waals surface area contributed by atoms with Crippen LogP contribution < -0.4 is 0 Å². The Labute approximate surface area is 91.7 Å². The summed E-state index contributed by atoms with van der Waals surface area (Å²) in [5, 5.41) is 1.24. The minimum absolute atomic E-state index is 0.487. The minimum Gasteiger partial charge on any atom is -0.413 e. The topological polar surface area (TPSA) is 9.23 Å². The van der Waals surface area contributed by atoms with Crippen LogP contribution in [0, 0.1) is 0 Å². The van der Waals surface area contributed by atoms with Gasteiger partial charge in [-0.15, -0.1) is 6.58 Å². The van der Waals surface area contributed by atoms with E-state index in [1.165, 1.54) is 5.20 Å². The molecule has 1 unspecified atom stereocenters. The van der Waals surface area contributed by atoms with E-state index in [9.17, 15) is 0 Å². The van der Waals surface area contributed by atoms with Gasteiger partial charge in [-0.1, -0.05) is 31.8 Å². The van der Waals surface area contributed by atoms with E-state index in [1.807, 2.05) is 0 Å². The van der Waals surface area contributed by atoms with Crippen LogP contribution in [0.2, 0.25) is 32.7 Å². The van der Waals surface area contributed by atoms with Gasteiger partial charge in [0.15, 0.2) is 0 Å². The van der Waals surface area contributed by atoms with E-state index in [0.29, 0.717) is 5.73 Å². The van der Waals surface area contributed by atoms with E-state index in [0.717, 1.165) is 6.42 Å². The monoisotopic (exact) mass is 230 g/mol. The average molecular weight is 230 g/mol. The zero-order valence-corrected chi connectivity index (χ0v) is 12.9. The molecule has 0 saturated heterocycles. The Kier molecular flexibility index (Phi) is 4.82. The Morgan fingerprint density at radius 1 is 1.21 bits per heavy atom. The molecule has 0 aliphatic rings. The molecule has 0 amide bonds. The summed E-state index contributed by atoms with van der Waals surface area (Å²) in [5.41, 5.74) is 0.487. The van der Waals surface area contributed by atoms with Gasteiger partial charge in [-0.3, -0.25) is 0 Å². The summed E-state index contributed by atoms with van der Waals surface area (Å²) >= 11 is 0. The van der Waals surface area contributed by atoms with Gasteiger partial charge < -0.3 is 4.43 Å². The van der Waals surface area contributed by atoms with Crippen LogP contribution in [0.1, 0.15) is 20.3 Å². The van der Waals surface area contributed by atoms with Gasteiger partial charge in [-0.2, -0.15) is 0 Å². The van der Waals surface area contributed by atoms with Gasteiger partial charge in [0.05, 0.1) is 8.07 Å². The molecule has 0 heterocycles. The first kappa shape index (κ1) is 14.1. The van der Waals surface area contributed by atoms with Gasteiger partial charge in [0.2, 0.25) is 8.32 Å². The molecular weight excluding hydrogens is 204 g/mol. The van der Waals surface area contributed by atoms with E-state index < -0.39 is 16.4 Å². The second kappa shape index (κ2) is 4.77. The van der Waals surface area contributed by atoms with Gasteiger partial charge in [0.25, 0.3) is 0 Å². The highest BCUT2D eigenvalue weighted by molar-refractivity contribution is 6.81. The smallest absolute Gasteiger partial charge is 0.213 e. The van der Waals surface area contributed by atoms with Gasteiger partial charge >= 0.3 is 0 Å². The highest BCUT2D eigenvalue weighted by Gasteiger charge is 2.33. The third-order valence-corrected chi connectivity index (χ3v) is 8.42. The first-order valence-corrected chi connectivity index (χ1v) is 11.9. The lowest BCUT2D eigenvalue weighted by Crippen LogP contribution is -2.47. The van der Waals surface area contributed by atoms with Crippen molar-refractivity contribution >= 4 is 16.4 Å². The Hall–Kier alpha value is 0.134. The molecular formula is C11H26OSi2. The van der Waals surface area contributed by atoms with Crippen LogP contribution in [0.15, 0.2) is 11.8 Å². The lowest BCUT2D eigenvalue weighted by molar-refractivity contribution is 0.259. The van der Waals surface area contributed by atoms with Crippen LogP contribution in [-0.4, -0.2) is 22.1 Å². The van der Waals surface area contributed by atoms with Crippen LogP contribution in [0.3, 0.4) is 0 Å². The normalized spacial score (nSPS) is 15.4. The molecule has 0 aromatic carbocycles. The highest BCUT2D eigenvalue weighted by atomic mass is 28.4. The van der Waals surface area contributed by atoms with Crippen molar-refractivity contribution in [2.24, 2.45) is 0 Å². The molecule has 0 bridgehead atoms. The number of allylic oxidation sites excluding steroid dienone is 1. The van der Waals surface area contributed by atoms with Crippen molar-refractivity contribution in [2.45, 2.75) is 58.7 Å². The minimum atomic E-state index is -1.63. The predicted molar refractivity (Wildman–Crippen MR) is 70.8 cm³/mol. The lowest BCUT2D eigenvalue weighted by atomic mass is 10.5. The Bertz CT molecular complexity index is 204.